The first kappa shape index (κ1) is 11.5. The maximum absolute atomic E-state index is 10.1. The van der Waals surface area contributed by atoms with Crippen molar-refractivity contribution in [2.24, 2.45) is 0 Å². The van der Waals surface area contributed by atoms with Gasteiger partial charge in [-0.1, -0.05) is 6.42 Å². The number of piperazine rings is 1. The lowest BCUT2D eigenvalue weighted by atomic mass is 10.2. The van der Waals surface area contributed by atoms with Gasteiger partial charge in [-0.05, 0) is 25.9 Å². The molecule has 2 N–H and O–H groups in total. The fourth-order valence-corrected chi connectivity index (χ4v) is 1.59. The lowest BCUT2D eigenvalue weighted by Crippen LogP contribution is -2.42. The summed E-state index contributed by atoms with van der Waals surface area (Å²) < 4.78 is 0. The van der Waals surface area contributed by atoms with Crippen LogP contribution in [0.1, 0.15) is 19.3 Å². The highest BCUT2D eigenvalue weighted by Crippen LogP contribution is 1.96. The van der Waals surface area contributed by atoms with E-state index in [9.17, 15) is 4.79 Å². The van der Waals surface area contributed by atoms with Crippen molar-refractivity contribution < 1.29 is 4.79 Å². The second-order valence-corrected chi connectivity index (χ2v) is 3.70. The minimum absolute atomic E-state index is 0.865. The summed E-state index contributed by atoms with van der Waals surface area (Å²) in [5.74, 6) is 0. The second-order valence-electron chi connectivity index (χ2n) is 3.70. The molecule has 0 radical (unpaired) electrons. The van der Waals surface area contributed by atoms with E-state index in [-0.39, 0.29) is 0 Å². The maximum atomic E-state index is 10.1. The number of hydrogen-bond acceptors (Lipinski definition) is 3. The summed E-state index contributed by atoms with van der Waals surface area (Å²) in [6, 6.07) is 0. The van der Waals surface area contributed by atoms with Gasteiger partial charge >= 0.3 is 0 Å². The van der Waals surface area contributed by atoms with Crippen LogP contribution in [0.5, 0.6) is 0 Å². The van der Waals surface area contributed by atoms with Gasteiger partial charge in [-0.25, -0.2) is 0 Å². The molecule has 1 amide bonds. The van der Waals surface area contributed by atoms with Crippen molar-refractivity contribution in [2.75, 3.05) is 39.3 Å². The van der Waals surface area contributed by atoms with Gasteiger partial charge in [0.1, 0.15) is 0 Å². The third kappa shape index (κ3) is 5.19. The summed E-state index contributed by atoms with van der Waals surface area (Å²) in [6.45, 7) is 6.12. The molecule has 2 aliphatic heterocycles. The minimum atomic E-state index is 0.865. The quantitative estimate of drug-likeness (QED) is 0.575. The van der Waals surface area contributed by atoms with Crippen molar-refractivity contribution in [1.82, 2.24) is 15.5 Å². The molecule has 82 valence electrons. The van der Waals surface area contributed by atoms with Crippen molar-refractivity contribution >= 4 is 6.41 Å². The van der Waals surface area contributed by atoms with Gasteiger partial charge in [-0.2, -0.15) is 0 Å². The van der Waals surface area contributed by atoms with Crippen LogP contribution in [0.3, 0.4) is 0 Å². The number of rotatable bonds is 1. The van der Waals surface area contributed by atoms with E-state index in [0.29, 0.717) is 0 Å². The van der Waals surface area contributed by atoms with Gasteiger partial charge in [0, 0.05) is 26.2 Å². The maximum Gasteiger partial charge on any atom is 0.209 e. The minimum Gasteiger partial charge on any atom is -0.343 e. The van der Waals surface area contributed by atoms with Crippen molar-refractivity contribution in [3.63, 3.8) is 0 Å². The summed E-state index contributed by atoms with van der Waals surface area (Å²) in [5, 5.41) is 6.43. The third-order valence-corrected chi connectivity index (χ3v) is 2.51. The van der Waals surface area contributed by atoms with E-state index < -0.39 is 0 Å². The largest absolute Gasteiger partial charge is 0.343 e. The standard InChI is InChI=1S/C5H10N2O.C5H11N/c8-5-7-3-1-6-2-4-7;1-2-4-6-5-3-1/h5-6H,1-4H2;6H,1-5H2. The molecule has 0 atom stereocenters. The molecule has 4 nitrogen and oxygen atoms in total. The fraction of sp³-hybridized carbons (Fsp3) is 0.900. The molecule has 2 heterocycles. The Kier molecular flexibility index (Phi) is 6.36. The van der Waals surface area contributed by atoms with Crippen LogP contribution in [0.15, 0.2) is 0 Å². The fourth-order valence-electron chi connectivity index (χ4n) is 1.59. The molecule has 0 unspecified atom stereocenters. The zero-order valence-electron chi connectivity index (χ0n) is 8.80. The Morgan fingerprint density at radius 3 is 1.71 bits per heavy atom. The predicted octanol–water partition coefficient (Wildman–Crippen LogP) is -0.192. The molecule has 2 saturated heterocycles. The van der Waals surface area contributed by atoms with E-state index in [4.69, 9.17) is 0 Å². The molecule has 2 rings (SSSR count). The van der Waals surface area contributed by atoms with Crippen molar-refractivity contribution in [2.45, 2.75) is 19.3 Å². The summed E-state index contributed by atoms with van der Waals surface area (Å²) in [7, 11) is 0. The second kappa shape index (κ2) is 7.76. The van der Waals surface area contributed by atoms with Gasteiger partial charge in [-0.15, -0.1) is 0 Å². The molecule has 0 saturated carbocycles. The Balaban J connectivity index is 0.000000146. The highest BCUT2D eigenvalue weighted by atomic mass is 16.1. The Labute approximate surface area is 86.0 Å². The molecular formula is C10H21N3O. The summed E-state index contributed by atoms with van der Waals surface area (Å²) in [5.41, 5.74) is 0. The van der Waals surface area contributed by atoms with Gasteiger partial charge in [0.15, 0.2) is 0 Å². The Bertz CT molecular complexity index is 131. The summed E-state index contributed by atoms with van der Waals surface area (Å²) in [6.07, 6.45) is 5.12. The zero-order chi connectivity index (χ0) is 10.1. The van der Waals surface area contributed by atoms with E-state index in [1.807, 2.05) is 0 Å². The normalized spacial score (nSPS) is 22.1. The molecule has 0 spiro atoms. The molecule has 0 aliphatic carbocycles. The van der Waals surface area contributed by atoms with Crippen LogP contribution in [-0.4, -0.2) is 50.6 Å². The summed E-state index contributed by atoms with van der Waals surface area (Å²) in [4.78, 5) is 11.8. The first-order chi connectivity index (χ1) is 6.93. The lowest BCUT2D eigenvalue weighted by molar-refractivity contribution is -0.118. The van der Waals surface area contributed by atoms with Crippen LogP contribution < -0.4 is 10.6 Å². The SMILES string of the molecule is C1CCNCC1.O=CN1CCNCC1. The molecule has 0 aromatic rings. The molecule has 4 heteroatoms. The summed E-state index contributed by atoms with van der Waals surface area (Å²) >= 11 is 0. The average molecular weight is 199 g/mol. The number of carbonyl (C=O) groups excluding carboxylic acids is 1. The van der Waals surface area contributed by atoms with E-state index in [0.717, 1.165) is 32.6 Å². The highest BCUT2D eigenvalue weighted by molar-refractivity contribution is 5.47. The molecule has 2 aliphatic rings. The van der Waals surface area contributed by atoms with Crippen molar-refractivity contribution in [1.29, 1.82) is 0 Å². The van der Waals surface area contributed by atoms with Crippen LogP contribution >= 0.6 is 0 Å². The van der Waals surface area contributed by atoms with Gasteiger partial charge in [0.05, 0.1) is 0 Å². The molecule has 2 fully saturated rings. The van der Waals surface area contributed by atoms with E-state index in [2.05, 4.69) is 10.6 Å². The highest BCUT2D eigenvalue weighted by Gasteiger charge is 2.04. The van der Waals surface area contributed by atoms with E-state index in [1.54, 1.807) is 4.90 Å². The van der Waals surface area contributed by atoms with Gasteiger partial charge in [-0.3, -0.25) is 4.79 Å². The lowest BCUT2D eigenvalue weighted by Gasteiger charge is -2.22. The van der Waals surface area contributed by atoms with Crippen molar-refractivity contribution in [3.8, 4) is 0 Å². The molecule has 14 heavy (non-hydrogen) atoms. The third-order valence-electron chi connectivity index (χ3n) is 2.51. The van der Waals surface area contributed by atoms with Crippen LogP contribution in [0.2, 0.25) is 0 Å². The van der Waals surface area contributed by atoms with Gasteiger partial charge in [0.25, 0.3) is 0 Å². The number of piperidine rings is 1. The first-order valence-corrected chi connectivity index (χ1v) is 5.54. The predicted molar refractivity (Wildman–Crippen MR) is 57.2 cm³/mol. The molecule has 0 aromatic heterocycles. The van der Waals surface area contributed by atoms with Crippen LogP contribution in [0, 0.1) is 0 Å². The van der Waals surface area contributed by atoms with Gasteiger partial charge in [0.2, 0.25) is 6.41 Å². The average Bonchev–Trinajstić information content (AvgIpc) is 2.33. The van der Waals surface area contributed by atoms with Crippen molar-refractivity contribution in [3.05, 3.63) is 0 Å². The number of hydrogen-bond donors (Lipinski definition) is 2. The Morgan fingerprint density at radius 2 is 1.43 bits per heavy atom. The van der Waals surface area contributed by atoms with Crippen LogP contribution in [0.25, 0.3) is 0 Å². The number of nitrogens with zero attached hydrogens (tertiary/aromatic N) is 1. The first-order valence-electron chi connectivity index (χ1n) is 5.54. The van der Waals surface area contributed by atoms with Gasteiger partial charge < -0.3 is 15.5 Å². The topological polar surface area (TPSA) is 44.4 Å². The molecule has 0 bridgehead atoms. The number of nitrogens with one attached hydrogen (secondary N) is 2. The van der Waals surface area contributed by atoms with E-state index in [1.165, 1.54) is 32.4 Å². The smallest absolute Gasteiger partial charge is 0.209 e. The Hall–Kier alpha value is -0.610. The number of carbonyl (C=O) groups is 1. The number of amides is 1. The van der Waals surface area contributed by atoms with Crippen LogP contribution in [0.4, 0.5) is 0 Å². The van der Waals surface area contributed by atoms with E-state index >= 15 is 0 Å². The Morgan fingerprint density at radius 1 is 0.857 bits per heavy atom. The molecular weight excluding hydrogens is 178 g/mol. The van der Waals surface area contributed by atoms with Crippen LogP contribution in [-0.2, 0) is 4.79 Å². The monoisotopic (exact) mass is 199 g/mol. The molecule has 0 aromatic carbocycles. The zero-order valence-corrected chi connectivity index (χ0v) is 8.80.